The van der Waals surface area contributed by atoms with Crippen LogP contribution in [0.5, 0.6) is 0 Å². The van der Waals surface area contributed by atoms with Crippen LogP contribution in [-0.4, -0.2) is 47.2 Å². The van der Waals surface area contributed by atoms with Gasteiger partial charge in [-0.2, -0.15) is 0 Å². The van der Waals surface area contributed by atoms with E-state index < -0.39 is 6.10 Å². The number of aliphatic hydroxyl groups excluding tert-OH is 1. The molecule has 1 aromatic rings. The maximum atomic E-state index is 12.3. The molecular weight excluding hydrogens is 300 g/mol. The molecule has 1 aromatic carbocycles. The van der Waals surface area contributed by atoms with Crippen molar-refractivity contribution in [2.45, 2.75) is 50.3 Å². The third-order valence-electron chi connectivity index (χ3n) is 4.83. The molecule has 2 N–H and O–H groups in total. The zero-order valence-electron chi connectivity index (χ0n) is 12.7. The van der Waals surface area contributed by atoms with Crippen LogP contribution >= 0.6 is 11.6 Å². The second kappa shape index (κ2) is 6.99. The molecule has 2 atom stereocenters. The van der Waals surface area contributed by atoms with E-state index in [-0.39, 0.29) is 11.9 Å². The Morgan fingerprint density at radius 3 is 2.50 bits per heavy atom. The molecule has 2 fully saturated rings. The number of nitrogens with one attached hydrogen (secondary N) is 1. The highest BCUT2D eigenvalue weighted by molar-refractivity contribution is 6.30. The predicted molar refractivity (Wildman–Crippen MR) is 87.2 cm³/mol. The Morgan fingerprint density at radius 1 is 1.14 bits per heavy atom. The van der Waals surface area contributed by atoms with Crippen LogP contribution in [0, 0.1) is 0 Å². The van der Waals surface area contributed by atoms with E-state index in [0.717, 1.165) is 6.54 Å². The summed E-state index contributed by atoms with van der Waals surface area (Å²) in [5.74, 6) is -0.147. The summed E-state index contributed by atoms with van der Waals surface area (Å²) >= 11 is 5.84. The summed E-state index contributed by atoms with van der Waals surface area (Å²) in [6.45, 7) is 1.40. The smallest absolute Gasteiger partial charge is 0.251 e. The number of halogens is 1. The highest BCUT2D eigenvalue weighted by Crippen LogP contribution is 2.26. The van der Waals surface area contributed by atoms with Gasteiger partial charge in [0.1, 0.15) is 0 Å². The molecule has 22 heavy (non-hydrogen) atoms. The number of benzene rings is 1. The number of β-amino-alcohol motifs (C(OH)–C–C–N with tert-alkyl or cyclic N) is 1. The van der Waals surface area contributed by atoms with Crippen molar-refractivity contribution in [2.75, 3.05) is 13.1 Å². The lowest BCUT2D eigenvalue weighted by atomic mass is 9.94. The van der Waals surface area contributed by atoms with E-state index >= 15 is 0 Å². The summed E-state index contributed by atoms with van der Waals surface area (Å²) < 4.78 is 0. The first-order valence-corrected chi connectivity index (χ1v) is 8.50. The summed E-state index contributed by atoms with van der Waals surface area (Å²) in [5.41, 5.74) is 0.577. The SMILES string of the molecule is O=C(N[C@H]1CN(C2CCCCC2)C[C@@H]1O)c1ccc(Cl)cc1. The van der Waals surface area contributed by atoms with Crippen LogP contribution in [0.2, 0.25) is 5.02 Å². The number of nitrogens with zero attached hydrogens (tertiary/aromatic N) is 1. The fraction of sp³-hybridized carbons (Fsp3) is 0.588. The number of carbonyl (C=O) groups excluding carboxylic acids is 1. The van der Waals surface area contributed by atoms with E-state index in [2.05, 4.69) is 10.2 Å². The van der Waals surface area contributed by atoms with Crippen LogP contribution in [0.1, 0.15) is 42.5 Å². The van der Waals surface area contributed by atoms with Crippen LogP contribution in [0.25, 0.3) is 0 Å². The monoisotopic (exact) mass is 322 g/mol. The Labute approximate surface area is 136 Å². The van der Waals surface area contributed by atoms with E-state index in [1.54, 1.807) is 24.3 Å². The molecule has 0 spiro atoms. The fourth-order valence-corrected chi connectivity index (χ4v) is 3.68. The van der Waals surface area contributed by atoms with Crippen molar-refractivity contribution < 1.29 is 9.90 Å². The highest BCUT2D eigenvalue weighted by atomic mass is 35.5. The summed E-state index contributed by atoms with van der Waals surface area (Å²) in [5, 5.41) is 13.8. The van der Waals surface area contributed by atoms with Crippen molar-refractivity contribution >= 4 is 17.5 Å². The first-order valence-electron chi connectivity index (χ1n) is 8.12. The summed E-state index contributed by atoms with van der Waals surface area (Å²) in [6.07, 6.45) is 5.81. The van der Waals surface area contributed by atoms with Crippen molar-refractivity contribution in [2.24, 2.45) is 0 Å². The minimum Gasteiger partial charge on any atom is -0.390 e. The van der Waals surface area contributed by atoms with Crippen LogP contribution < -0.4 is 5.32 Å². The highest BCUT2D eigenvalue weighted by Gasteiger charge is 2.36. The van der Waals surface area contributed by atoms with Gasteiger partial charge in [-0.1, -0.05) is 30.9 Å². The number of likely N-dealkylation sites (tertiary alicyclic amines) is 1. The van der Waals surface area contributed by atoms with Gasteiger partial charge in [-0.15, -0.1) is 0 Å². The van der Waals surface area contributed by atoms with E-state index in [1.807, 2.05) is 0 Å². The zero-order valence-corrected chi connectivity index (χ0v) is 13.4. The Balaban J connectivity index is 1.58. The molecule has 1 heterocycles. The van der Waals surface area contributed by atoms with Gasteiger partial charge in [-0.05, 0) is 37.1 Å². The molecule has 0 bridgehead atoms. The molecule has 0 unspecified atom stereocenters. The van der Waals surface area contributed by atoms with Crippen molar-refractivity contribution in [1.82, 2.24) is 10.2 Å². The predicted octanol–water partition coefficient (Wildman–Crippen LogP) is 2.45. The third kappa shape index (κ3) is 3.62. The van der Waals surface area contributed by atoms with Gasteiger partial charge in [0.15, 0.2) is 0 Å². The van der Waals surface area contributed by atoms with Crippen molar-refractivity contribution in [1.29, 1.82) is 0 Å². The van der Waals surface area contributed by atoms with Gasteiger partial charge in [0, 0.05) is 29.7 Å². The fourth-order valence-electron chi connectivity index (χ4n) is 3.56. The second-order valence-corrected chi connectivity index (χ2v) is 6.84. The lowest BCUT2D eigenvalue weighted by Gasteiger charge is -2.30. The van der Waals surface area contributed by atoms with Crippen LogP contribution in [0.4, 0.5) is 0 Å². The lowest BCUT2D eigenvalue weighted by molar-refractivity contribution is 0.0887. The summed E-state index contributed by atoms with van der Waals surface area (Å²) in [6, 6.07) is 7.20. The maximum Gasteiger partial charge on any atom is 0.251 e. The lowest BCUT2D eigenvalue weighted by Crippen LogP contribution is -2.43. The van der Waals surface area contributed by atoms with Crippen LogP contribution in [0.3, 0.4) is 0 Å². The molecule has 4 nitrogen and oxygen atoms in total. The quantitative estimate of drug-likeness (QED) is 0.898. The number of carbonyl (C=O) groups is 1. The zero-order chi connectivity index (χ0) is 15.5. The molecule has 5 heteroatoms. The molecule has 1 saturated carbocycles. The standard InChI is InChI=1S/C17H23ClN2O2/c18-13-8-6-12(7-9-13)17(22)19-15-10-20(11-16(15)21)14-4-2-1-3-5-14/h6-9,14-16,21H,1-5,10-11H2,(H,19,22)/t15-,16-/m0/s1. The Bertz CT molecular complexity index is 514. The van der Waals surface area contributed by atoms with Crippen LogP contribution in [0.15, 0.2) is 24.3 Å². The first kappa shape index (κ1) is 15.8. The first-order chi connectivity index (χ1) is 10.6. The number of amides is 1. The molecule has 0 radical (unpaired) electrons. The Kier molecular flexibility index (Phi) is 5.01. The number of rotatable bonds is 3. The normalized spacial score (nSPS) is 27.0. The average molecular weight is 323 g/mol. The van der Waals surface area contributed by atoms with Gasteiger partial charge in [0.2, 0.25) is 0 Å². The van der Waals surface area contributed by atoms with E-state index in [9.17, 15) is 9.90 Å². The van der Waals surface area contributed by atoms with E-state index in [0.29, 0.717) is 23.2 Å². The topological polar surface area (TPSA) is 52.6 Å². The van der Waals surface area contributed by atoms with Crippen molar-refractivity contribution in [3.05, 3.63) is 34.9 Å². The van der Waals surface area contributed by atoms with Crippen LogP contribution in [-0.2, 0) is 0 Å². The third-order valence-corrected chi connectivity index (χ3v) is 5.08. The van der Waals surface area contributed by atoms with Gasteiger partial charge >= 0.3 is 0 Å². The molecule has 1 aliphatic heterocycles. The Hall–Kier alpha value is -1.10. The van der Waals surface area contributed by atoms with Crippen molar-refractivity contribution in [3.8, 4) is 0 Å². The maximum absolute atomic E-state index is 12.3. The minimum absolute atomic E-state index is 0.147. The molecule has 1 amide bonds. The van der Waals surface area contributed by atoms with E-state index in [1.165, 1.54) is 32.1 Å². The molecule has 0 aromatic heterocycles. The molecule has 2 aliphatic rings. The molecule has 120 valence electrons. The van der Waals surface area contributed by atoms with Gasteiger partial charge in [0.25, 0.3) is 5.91 Å². The molecule has 1 aliphatic carbocycles. The van der Waals surface area contributed by atoms with E-state index in [4.69, 9.17) is 11.6 Å². The number of hydrogen-bond donors (Lipinski definition) is 2. The summed E-state index contributed by atoms with van der Waals surface area (Å²) in [4.78, 5) is 14.6. The minimum atomic E-state index is -0.488. The average Bonchev–Trinajstić information content (AvgIpc) is 2.90. The van der Waals surface area contributed by atoms with Gasteiger partial charge in [0.05, 0.1) is 12.1 Å². The largest absolute Gasteiger partial charge is 0.390 e. The number of hydrogen-bond acceptors (Lipinski definition) is 3. The molecule has 3 rings (SSSR count). The van der Waals surface area contributed by atoms with Gasteiger partial charge in [-0.3, -0.25) is 9.69 Å². The van der Waals surface area contributed by atoms with Crippen molar-refractivity contribution in [3.63, 3.8) is 0 Å². The number of aliphatic hydroxyl groups is 1. The molecular formula is C17H23ClN2O2. The second-order valence-electron chi connectivity index (χ2n) is 6.40. The van der Waals surface area contributed by atoms with Gasteiger partial charge in [-0.25, -0.2) is 0 Å². The molecule has 1 saturated heterocycles. The van der Waals surface area contributed by atoms with Gasteiger partial charge < -0.3 is 10.4 Å². The Morgan fingerprint density at radius 2 is 1.82 bits per heavy atom. The summed E-state index contributed by atoms with van der Waals surface area (Å²) in [7, 11) is 0.